The number of aryl methyl sites for hydroxylation is 1. The second-order valence-electron chi connectivity index (χ2n) is 6.19. The lowest BCUT2D eigenvalue weighted by Crippen LogP contribution is -2.08. The van der Waals surface area contributed by atoms with Crippen LogP contribution in [0.3, 0.4) is 0 Å². The van der Waals surface area contributed by atoms with Crippen molar-refractivity contribution in [2.45, 2.75) is 19.9 Å². The number of nitrogens with zero attached hydrogens (tertiary/aromatic N) is 4. The van der Waals surface area contributed by atoms with Crippen LogP contribution < -0.4 is 10.1 Å². The van der Waals surface area contributed by atoms with E-state index in [9.17, 15) is 0 Å². The SMILES string of the molecule is COc1ccc(CNc2nc3nc(C)cc(C4=CCOCC4)n3n2)cc1. The van der Waals surface area contributed by atoms with E-state index in [2.05, 4.69) is 26.5 Å². The highest BCUT2D eigenvalue weighted by Crippen LogP contribution is 2.22. The Bertz CT molecular complexity index is 946. The van der Waals surface area contributed by atoms with E-state index in [-0.39, 0.29) is 0 Å². The molecule has 4 rings (SSSR count). The number of nitrogens with one attached hydrogen (secondary N) is 1. The molecule has 0 unspecified atom stereocenters. The van der Waals surface area contributed by atoms with Gasteiger partial charge in [0.2, 0.25) is 5.95 Å². The van der Waals surface area contributed by atoms with Crippen LogP contribution in [0, 0.1) is 6.92 Å². The third-order valence-corrected chi connectivity index (χ3v) is 4.34. The predicted octanol–water partition coefficient (Wildman–Crippen LogP) is 2.86. The Hall–Kier alpha value is -2.93. The minimum Gasteiger partial charge on any atom is -0.497 e. The van der Waals surface area contributed by atoms with Crippen LogP contribution in [0.1, 0.15) is 23.4 Å². The van der Waals surface area contributed by atoms with Gasteiger partial charge in [-0.2, -0.15) is 9.50 Å². The fourth-order valence-corrected chi connectivity index (χ4v) is 2.97. The first-order valence-corrected chi connectivity index (χ1v) is 8.61. The van der Waals surface area contributed by atoms with Gasteiger partial charge in [0, 0.05) is 12.2 Å². The predicted molar refractivity (Wildman–Crippen MR) is 99.3 cm³/mol. The van der Waals surface area contributed by atoms with Crippen molar-refractivity contribution in [2.24, 2.45) is 0 Å². The molecule has 26 heavy (non-hydrogen) atoms. The lowest BCUT2D eigenvalue weighted by molar-refractivity contribution is 0.161. The number of methoxy groups -OCH3 is 1. The van der Waals surface area contributed by atoms with Gasteiger partial charge in [0.1, 0.15) is 5.75 Å². The zero-order valence-corrected chi connectivity index (χ0v) is 14.9. The van der Waals surface area contributed by atoms with Gasteiger partial charge in [-0.05, 0) is 42.7 Å². The first-order chi connectivity index (χ1) is 12.7. The number of benzene rings is 1. The highest BCUT2D eigenvalue weighted by Gasteiger charge is 2.15. The molecular weight excluding hydrogens is 330 g/mol. The summed E-state index contributed by atoms with van der Waals surface area (Å²) >= 11 is 0. The van der Waals surface area contributed by atoms with Crippen molar-refractivity contribution >= 4 is 17.3 Å². The maximum absolute atomic E-state index is 5.41. The van der Waals surface area contributed by atoms with Crippen LogP contribution in [0.15, 0.2) is 36.4 Å². The van der Waals surface area contributed by atoms with E-state index in [4.69, 9.17) is 9.47 Å². The van der Waals surface area contributed by atoms with Crippen molar-refractivity contribution in [1.82, 2.24) is 19.6 Å². The molecule has 1 aliphatic rings. The molecule has 0 fully saturated rings. The van der Waals surface area contributed by atoms with Gasteiger partial charge in [-0.25, -0.2) is 4.98 Å². The zero-order chi connectivity index (χ0) is 17.9. The molecule has 0 amide bonds. The van der Waals surface area contributed by atoms with E-state index in [1.54, 1.807) is 11.6 Å². The topological polar surface area (TPSA) is 73.6 Å². The second-order valence-corrected chi connectivity index (χ2v) is 6.19. The van der Waals surface area contributed by atoms with E-state index >= 15 is 0 Å². The number of aromatic nitrogens is 4. The molecule has 7 heteroatoms. The van der Waals surface area contributed by atoms with Crippen LogP contribution in [-0.2, 0) is 11.3 Å². The third-order valence-electron chi connectivity index (χ3n) is 4.34. The molecule has 1 aromatic carbocycles. The monoisotopic (exact) mass is 351 g/mol. The maximum atomic E-state index is 5.41. The lowest BCUT2D eigenvalue weighted by Gasteiger charge is -2.14. The van der Waals surface area contributed by atoms with E-state index < -0.39 is 0 Å². The minimum atomic E-state index is 0.563. The Morgan fingerprint density at radius 2 is 2.08 bits per heavy atom. The number of rotatable bonds is 5. The van der Waals surface area contributed by atoms with Gasteiger partial charge < -0.3 is 14.8 Å². The van der Waals surface area contributed by atoms with Gasteiger partial charge in [-0.15, -0.1) is 5.10 Å². The van der Waals surface area contributed by atoms with E-state index in [0.717, 1.165) is 35.7 Å². The van der Waals surface area contributed by atoms with Crippen LogP contribution in [-0.4, -0.2) is 39.9 Å². The number of ether oxygens (including phenoxy) is 2. The summed E-state index contributed by atoms with van der Waals surface area (Å²) in [6.45, 7) is 3.97. The maximum Gasteiger partial charge on any atom is 0.254 e. The minimum absolute atomic E-state index is 0.563. The Morgan fingerprint density at radius 1 is 1.23 bits per heavy atom. The van der Waals surface area contributed by atoms with Crippen molar-refractivity contribution in [3.63, 3.8) is 0 Å². The van der Waals surface area contributed by atoms with Gasteiger partial charge in [-0.1, -0.05) is 18.2 Å². The van der Waals surface area contributed by atoms with Crippen LogP contribution >= 0.6 is 0 Å². The summed E-state index contributed by atoms with van der Waals surface area (Å²) in [5.74, 6) is 2.01. The molecule has 134 valence electrons. The molecule has 0 spiro atoms. The fraction of sp³-hybridized carbons (Fsp3) is 0.316. The van der Waals surface area contributed by atoms with E-state index in [1.165, 1.54) is 5.57 Å². The lowest BCUT2D eigenvalue weighted by atomic mass is 10.1. The molecule has 0 saturated heterocycles. The molecule has 7 nitrogen and oxygen atoms in total. The van der Waals surface area contributed by atoms with Gasteiger partial charge in [0.25, 0.3) is 5.78 Å². The summed E-state index contributed by atoms with van der Waals surface area (Å²) in [6, 6.07) is 9.96. The van der Waals surface area contributed by atoms with Crippen molar-refractivity contribution in [2.75, 3.05) is 25.6 Å². The summed E-state index contributed by atoms with van der Waals surface area (Å²) in [7, 11) is 1.66. The molecular formula is C19H21N5O2. The van der Waals surface area contributed by atoms with Crippen molar-refractivity contribution < 1.29 is 9.47 Å². The summed E-state index contributed by atoms with van der Waals surface area (Å²) in [5.41, 5.74) is 4.30. The second kappa shape index (κ2) is 7.13. The van der Waals surface area contributed by atoms with Crippen LogP contribution in [0.25, 0.3) is 11.4 Å². The molecule has 1 N–H and O–H groups in total. The highest BCUT2D eigenvalue weighted by molar-refractivity contribution is 5.65. The number of fused-ring (bicyclic) bond motifs is 1. The fourth-order valence-electron chi connectivity index (χ4n) is 2.97. The number of hydrogen-bond acceptors (Lipinski definition) is 6. The van der Waals surface area contributed by atoms with Crippen LogP contribution in [0.2, 0.25) is 0 Å². The molecule has 3 heterocycles. The smallest absolute Gasteiger partial charge is 0.254 e. The molecule has 2 aromatic heterocycles. The molecule has 0 atom stereocenters. The first-order valence-electron chi connectivity index (χ1n) is 8.61. The Kier molecular flexibility index (Phi) is 4.53. The van der Waals surface area contributed by atoms with E-state index in [0.29, 0.717) is 24.9 Å². The number of hydrogen-bond donors (Lipinski definition) is 1. The molecule has 0 radical (unpaired) electrons. The summed E-state index contributed by atoms with van der Waals surface area (Å²) in [4.78, 5) is 9.03. The average molecular weight is 351 g/mol. The van der Waals surface area contributed by atoms with Crippen molar-refractivity contribution in [1.29, 1.82) is 0 Å². The van der Waals surface area contributed by atoms with Gasteiger partial charge in [-0.3, -0.25) is 0 Å². The quantitative estimate of drug-likeness (QED) is 0.762. The highest BCUT2D eigenvalue weighted by atomic mass is 16.5. The average Bonchev–Trinajstić information content (AvgIpc) is 3.09. The normalized spacial score (nSPS) is 14.3. The molecule has 0 aliphatic carbocycles. The standard InChI is InChI=1S/C19H21N5O2/c1-13-11-17(15-7-9-26-10-8-15)24-19(21-13)22-18(23-24)20-12-14-3-5-16(25-2)6-4-14/h3-7,11H,8-10,12H2,1-2H3,(H,20,23). The van der Waals surface area contributed by atoms with Gasteiger partial charge in [0.05, 0.1) is 26.0 Å². The third kappa shape index (κ3) is 3.39. The number of anilines is 1. The Labute approximate surface area is 151 Å². The van der Waals surface area contributed by atoms with Crippen molar-refractivity contribution in [3.05, 3.63) is 53.4 Å². The van der Waals surface area contributed by atoms with Gasteiger partial charge >= 0.3 is 0 Å². The first kappa shape index (κ1) is 16.5. The summed E-state index contributed by atoms with van der Waals surface area (Å²) in [6.07, 6.45) is 2.97. The molecule has 3 aromatic rings. The van der Waals surface area contributed by atoms with Crippen molar-refractivity contribution in [3.8, 4) is 5.75 Å². The summed E-state index contributed by atoms with van der Waals surface area (Å²) in [5, 5.41) is 7.87. The summed E-state index contributed by atoms with van der Waals surface area (Å²) < 4.78 is 12.4. The zero-order valence-electron chi connectivity index (χ0n) is 14.9. The van der Waals surface area contributed by atoms with Crippen LogP contribution in [0.4, 0.5) is 5.95 Å². The van der Waals surface area contributed by atoms with E-state index in [1.807, 2.05) is 37.3 Å². The molecule has 0 saturated carbocycles. The van der Waals surface area contributed by atoms with Crippen LogP contribution in [0.5, 0.6) is 5.75 Å². The largest absolute Gasteiger partial charge is 0.497 e. The molecule has 1 aliphatic heterocycles. The Balaban J connectivity index is 1.59. The Morgan fingerprint density at radius 3 is 2.81 bits per heavy atom. The van der Waals surface area contributed by atoms with Gasteiger partial charge in [0.15, 0.2) is 0 Å². The molecule has 0 bridgehead atoms.